The van der Waals surface area contributed by atoms with Crippen molar-refractivity contribution in [2.75, 3.05) is 14.2 Å². The lowest BCUT2D eigenvalue weighted by atomic mass is 10.0. The van der Waals surface area contributed by atoms with E-state index in [1.807, 2.05) is 14.0 Å². The number of nitrogens with zero attached hydrogens (tertiary/aromatic N) is 1. The van der Waals surface area contributed by atoms with Crippen molar-refractivity contribution in [3.63, 3.8) is 0 Å². The van der Waals surface area contributed by atoms with E-state index in [2.05, 4.69) is 10.3 Å². The van der Waals surface area contributed by atoms with Crippen LogP contribution in [0.5, 0.6) is 5.75 Å². The van der Waals surface area contributed by atoms with Gasteiger partial charge in [0.2, 0.25) is 0 Å². The minimum Gasteiger partial charge on any atom is -0.494 e. The van der Waals surface area contributed by atoms with Gasteiger partial charge in [-0.25, -0.2) is 4.39 Å². The third-order valence-corrected chi connectivity index (χ3v) is 3.17. The van der Waals surface area contributed by atoms with Crippen LogP contribution in [0.3, 0.4) is 0 Å². The van der Waals surface area contributed by atoms with E-state index in [4.69, 9.17) is 4.74 Å². The van der Waals surface area contributed by atoms with Gasteiger partial charge in [-0.05, 0) is 43.8 Å². The second kappa shape index (κ2) is 5.80. The zero-order valence-corrected chi connectivity index (χ0v) is 11.3. The minimum atomic E-state index is -0.302. The molecule has 0 fully saturated rings. The normalized spacial score (nSPS) is 12.2. The number of hydrogen-bond donors (Lipinski definition) is 1. The van der Waals surface area contributed by atoms with Crippen LogP contribution in [0.25, 0.3) is 11.3 Å². The Kier molecular flexibility index (Phi) is 4.12. The first-order valence-electron chi connectivity index (χ1n) is 6.13. The maximum Gasteiger partial charge on any atom is 0.145 e. The molecule has 0 bridgehead atoms. The van der Waals surface area contributed by atoms with E-state index in [0.29, 0.717) is 17.0 Å². The van der Waals surface area contributed by atoms with Crippen molar-refractivity contribution in [1.29, 1.82) is 0 Å². The molecular formula is C15H17FN2O. The molecule has 0 aliphatic carbocycles. The number of hydrogen-bond acceptors (Lipinski definition) is 3. The Hall–Kier alpha value is -1.94. The Morgan fingerprint density at radius 2 is 2.11 bits per heavy atom. The molecule has 3 nitrogen and oxygen atoms in total. The van der Waals surface area contributed by atoms with Crippen LogP contribution in [0, 0.1) is 5.82 Å². The van der Waals surface area contributed by atoms with E-state index in [0.717, 1.165) is 5.56 Å². The van der Waals surface area contributed by atoms with Crippen LogP contribution in [0.15, 0.2) is 36.5 Å². The maximum atomic E-state index is 14.0. The SMILES string of the molecule is CNC(C)c1ccc(F)c(-c2ncccc2OC)c1. The molecule has 19 heavy (non-hydrogen) atoms. The smallest absolute Gasteiger partial charge is 0.145 e. The van der Waals surface area contributed by atoms with Gasteiger partial charge in [-0.2, -0.15) is 0 Å². The zero-order chi connectivity index (χ0) is 13.8. The number of rotatable bonds is 4. The number of benzene rings is 1. The first-order chi connectivity index (χ1) is 9.17. The average molecular weight is 260 g/mol. The van der Waals surface area contributed by atoms with Crippen LogP contribution in [0.2, 0.25) is 0 Å². The number of nitrogens with one attached hydrogen (secondary N) is 1. The van der Waals surface area contributed by atoms with Crippen molar-refractivity contribution in [2.24, 2.45) is 0 Å². The van der Waals surface area contributed by atoms with E-state index in [-0.39, 0.29) is 11.9 Å². The molecule has 0 spiro atoms. The van der Waals surface area contributed by atoms with Gasteiger partial charge in [-0.3, -0.25) is 4.98 Å². The second-order valence-corrected chi connectivity index (χ2v) is 4.30. The molecule has 2 rings (SSSR count). The average Bonchev–Trinajstić information content (AvgIpc) is 2.47. The van der Waals surface area contributed by atoms with Crippen molar-refractivity contribution in [2.45, 2.75) is 13.0 Å². The molecule has 0 radical (unpaired) electrons. The van der Waals surface area contributed by atoms with Gasteiger partial charge >= 0.3 is 0 Å². The number of aromatic nitrogens is 1. The van der Waals surface area contributed by atoms with Gasteiger partial charge in [0.1, 0.15) is 17.3 Å². The molecule has 1 atom stereocenters. The fourth-order valence-electron chi connectivity index (χ4n) is 1.92. The first-order valence-corrected chi connectivity index (χ1v) is 6.13. The van der Waals surface area contributed by atoms with Gasteiger partial charge in [-0.15, -0.1) is 0 Å². The fourth-order valence-corrected chi connectivity index (χ4v) is 1.92. The molecule has 0 aliphatic rings. The highest BCUT2D eigenvalue weighted by molar-refractivity contribution is 5.67. The molecule has 1 unspecified atom stereocenters. The van der Waals surface area contributed by atoms with Crippen molar-refractivity contribution in [1.82, 2.24) is 10.3 Å². The standard InChI is InChI=1S/C15H17FN2O/c1-10(17-2)11-6-7-13(16)12(9-11)15-14(19-3)5-4-8-18-15/h4-10,17H,1-3H3. The fraction of sp³-hybridized carbons (Fsp3) is 0.267. The molecule has 0 aliphatic heterocycles. The predicted molar refractivity (Wildman–Crippen MR) is 73.7 cm³/mol. The second-order valence-electron chi connectivity index (χ2n) is 4.30. The van der Waals surface area contributed by atoms with Crippen LogP contribution in [-0.4, -0.2) is 19.1 Å². The molecule has 0 amide bonds. The lowest BCUT2D eigenvalue weighted by molar-refractivity contribution is 0.414. The first kappa shape index (κ1) is 13.5. The summed E-state index contributed by atoms with van der Waals surface area (Å²) in [5.74, 6) is 0.264. The van der Waals surface area contributed by atoms with Gasteiger partial charge in [-0.1, -0.05) is 6.07 Å². The van der Waals surface area contributed by atoms with Gasteiger partial charge in [0.05, 0.1) is 7.11 Å². The van der Waals surface area contributed by atoms with E-state index in [1.165, 1.54) is 6.07 Å². The van der Waals surface area contributed by atoms with Crippen LogP contribution in [0.4, 0.5) is 4.39 Å². The van der Waals surface area contributed by atoms with Crippen LogP contribution < -0.4 is 10.1 Å². The Morgan fingerprint density at radius 1 is 1.32 bits per heavy atom. The largest absolute Gasteiger partial charge is 0.494 e. The molecule has 1 N–H and O–H groups in total. The Labute approximate surface area is 112 Å². The molecule has 100 valence electrons. The third kappa shape index (κ3) is 2.74. The highest BCUT2D eigenvalue weighted by atomic mass is 19.1. The summed E-state index contributed by atoms with van der Waals surface area (Å²) in [5, 5.41) is 3.13. The van der Waals surface area contributed by atoms with Crippen LogP contribution in [-0.2, 0) is 0 Å². The van der Waals surface area contributed by atoms with Gasteiger partial charge in [0.15, 0.2) is 0 Å². The quantitative estimate of drug-likeness (QED) is 0.916. The van der Waals surface area contributed by atoms with Crippen molar-refractivity contribution in [3.05, 3.63) is 47.9 Å². The molecule has 1 heterocycles. The zero-order valence-electron chi connectivity index (χ0n) is 11.3. The number of pyridine rings is 1. The van der Waals surface area contributed by atoms with E-state index >= 15 is 0 Å². The van der Waals surface area contributed by atoms with E-state index < -0.39 is 0 Å². The summed E-state index contributed by atoms with van der Waals surface area (Å²) in [4.78, 5) is 4.22. The Bertz CT molecular complexity index is 572. The lowest BCUT2D eigenvalue weighted by Gasteiger charge is -2.14. The predicted octanol–water partition coefficient (Wildman–Crippen LogP) is 3.18. The third-order valence-electron chi connectivity index (χ3n) is 3.17. The van der Waals surface area contributed by atoms with Crippen LogP contribution in [0.1, 0.15) is 18.5 Å². The Morgan fingerprint density at radius 3 is 2.79 bits per heavy atom. The Balaban J connectivity index is 2.54. The summed E-state index contributed by atoms with van der Waals surface area (Å²) in [7, 11) is 3.42. The highest BCUT2D eigenvalue weighted by Gasteiger charge is 2.14. The molecule has 0 saturated heterocycles. The van der Waals surface area contributed by atoms with Gasteiger partial charge in [0, 0.05) is 17.8 Å². The molecule has 1 aromatic heterocycles. The monoisotopic (exact) mass is 260 g/mol. The molecular weight excluding hydrogens is 243 g/mol. The van der Waals surface area contributed by atoms with Crippen LogP contribution >= 0.6 is 0 Å². The summed E-state index contributed by atoms with van der Waals surface area (Å²) in [5.41, 5.74) is 1.98. The lowest BCUT2D eigenvalue weighted by Crippen LogP contribution is -2.12. The minimum absolute atomic E-state index is 0.147. The summed E-state index contributed by atoms with van der Waals surface area (Å²) in [6, 6.07) is 8.73. The molecule has 2 aromatic rings. The number of methoxy groups -OCH3 is 1. The molecule has 0 saturated carbocycles. The van der Waals surface area contributed by atoms with E-state index in [1.54, 1.807) is 37.6 Å². The number of halogens is 1. The van der Waals surface area contributed by atoms with Gasteiger partial charge in [0.25, 0.3) is 0 Å². The molecule has 1 aromatic carbocycles. The molecule has 4 heteroatoms. The summed E-state index contributed by atoms with van der Waals surface area (Å²) < 4.78 is 19.3. The maximum absolute atomic E-state index is 14.0. The summed E-state index contributed by atoms with van der Waals surface area (Å²) in [6.07, 6.45) is 1.63. The summed E-state index contributed by atoms with van der Waals surface area (Å²) >= 11 is 0. The van der Waals surface area contributed by atoms with Crippen molar-refractivity contribution < 1.29 is 9.13 Å². The van der Waals surface area contributed by atoms with E-state index in [9.17, 15) is 4.39 Å². The highest BCUT2D eigenvalue weighted by Crippen LogP contribution is 2.31. The van der Waals surface area contributed by atoms with Gasteiger partial charge < -0.3 is 10.1 Å². The van der Waals surface area contributed by atoms with Crippen molar-refractivity contribution in [3.8, 4) is 17.0 Å². The summed E-state index contributed by atoms with van der Waals surface area (Å²) in [6.45, 7) is 2.02. The van der Waals surface area contributed by atoms with Crippen molar-refractivity contribution >= 4 is 0 Å². The number of ether oxygens (including phenoxy) is 1. The topological polar surface area (TPSA) is 34.2 Å².